The Labute approximate surface area is 193 Å². The second-order valence-electron chi connectivity index (χ2n) is 6.56. The van der Waals surface area contributed by atoms with E-state index in [-0.39, 0.29) is 29.7 Å². The summed E-state index contributed by atoms with van der Waals surface area (Å²) in [5.41, 5.74) is 0. The van der Waals surface area contributed by atoms with Gasteiger partial charge in [-0.15, -0.1) is 24.8 Å². The van der Waals surface area contributed by atoms with Gasteiger partial charge in [0.25, 0.3) is 0 Å². The highest BCUT2D eigenvalue weighted by molar-refractivity contribution is 7.89. The minimum Gasteiger partial charge on any atom is -0.455 e. The smallest absolute Gasteiger partial charge is 0.243 e. The first kappa shape index (κ1) is 24.7. The molecule has 0 bridgehead atoms. The topological polar surface area (TPSA) is 71.5 Å². The number of nitrogens with one attached hydrogen (secondary N) is 1. The fourth-order valence-corrected chi connectivity index (χ4v) is 5.12. The Balaban J connectivity index is 0.00000160. The third-order valence-corrected chi connectivity index (χ3v) is 6.86. The van der Waals surface area contributed by atoms with Crippen LogP contribution < -0.4 is 10.1 Å². The molecular formula is C20H22Cl3N3O3S. The summed E-state index contributed by atoms with van der Waals surface area (Å²) in [6, 6.07) is 12.1. The molecule has 0 unspecified atom stereocenters. The van der Waals surface area contributed by atoms with Gasteiger partial charge in [0.2, 0.25) is 10.0 Å². The van der Waals surface area contributed by atoms with E-state index in [1.165, 1.54) is 4.31 Å². The zero-order chi connectivity index (χ0) is 19.6. The van der Waals surface area contributed by atoms with E-state index in [2.05, 4.69) is 10.3 Å². The fourth-order valence-electron chi connectivity index (χ4n) is 3.29. The maximum Gasteiger partial charge on any atom is 0.243 e. The highest BCUT2D eigenvalue weighted by Crippen LogP contribution is 2.35. The number of pyridine rings is 1. The van der Waals surface area contributed by atoms with Crippen molar-refractivity contribution in [3.8, 4) is 11.5 Å². The molecule has 1 fully saturated rings. The predicted octanol–water partition coefficient (Wildman–Crippen LogP) is 4.51. The predicted molar refractivity (Wildman–Crippen MR) is 124 cm³/mol. The van der Waals surface area contributed by atoms with Crippen molar-refractivity contribution in [1.82, 2.24) is 14.6 Å². The standard InChI is InChI=1S/C20H20ClN3O3S.2ClH/c21-16-5-7-17(8-6-16)27-18-14-23-13-15-3-1-4-19(20(15)18)28(25,26)24-11-2-9-22-10-12-24;;/h1,3-8,13-14,22H,2,9-12H2;2*1H. The van der Waals surface area contributed by atoms with Crippen LogP contribution in [0.15, 0.2) is 59.8 Å². The number of ether oxygens (including phenoxy) is 1. The fraction of sp³-hybridized carbons (Fsp3) is 0.250. The van der Waals surface area contributed by atoms with E-state index in [4.69, 9.17) is 16.3 Å². The van der Waals surface area contributed by atoms with Gasteiger partial charge in [-0.05, 0) is 43.3 Å². The number of benzene rings is 2. The molecule has 0 spiro atoms. The molecular weight excluding hydrogens is 469 g/mol. The van der Waals surface area contributed by atoms with Gasteiger partial charge in [0.1, 0.15) is 5.75 Å². The summed E-state index contributed by atoms with van der Waals surface area (Å²) in [4.78, 5) is 4.44. The summed E-state index contributed by atoms with van der Waals surface area (Å²) in [6.07, 6.45) is 3.96. The van der Waals surface area contributed by atoms with Crippen molar-refractivity contribution >= 4 is 57.2 Å². The molecule has 1 N–H and O–H groups in total. The van der Waals surface area contributed by atoms with Crippen molar-refractivity contribution < 1.29 is 13.2 Å². The van der Waals surface area contributed by atoms with Gasteiger partial charge in [0.05, 0.1) is 11.1 Å². The van der Waals surface area contributed by atoms with E-state index in [0.717, 1.165) is 13.0 Å². The van der Waals surface area contributed by atoms with Crippen molar-refractivity contribution in [3.05, 3.63) is 59.9 Å². The van der Waals surface area contributed by atoms with E-state index in [1.807, 2.05) is 6.07 Å². The third kappa shape index (κ3) is 5.17. The molecule has 10 heteroatoms. The van der Waals surface area contributed by atoms with Gasteiger partial charge >= 0.3 is 0 Å². The average Bonchev–Trinajstić information content (AvgIpc) is 3.00. The monoisotopic (exact) mass is 489 g/mol. The van der Waals surface area contributed by atoms with E-state index in [9.17, 15) is 8.42 Å². The van der Waals surface area contributed by atoms with Crippen LogP contribution in [0.1, 0.15) is 6.42 Å². The summed E-state index contributed by atoms with van der Waals surface area (Å²) < 4.78 is 34.3. The Morgan fingerprint density at radius 1 is 1.00 bits per heavy atom. The quantitative estimate of drug-likeness (QED) is 0.583. The van der Waals surface area contributed by atoms with Crippen LogP contribution >= 0.6 is 36.4 Å². The Morgan fingerprint density at radius 2 is 1.77 bits per heavy atom. The molecule has 30 heavy (non-hydrogen) atoms. The third-order valence-electron chi connectivity index (χ3n) is 4.67. The van der Waals surface area contributed by atoms with Crippen LogP contribution in [0.2, 0.25) is 5.02 Å². The number of hydrogen-bond acceptors (Lipinski definition) is 5. The van der Waals surface area contributed by atoms with Crippen LogP contribution in [0.4, 0.5) is 0 Å². The molecule has 4 rings (SSSR count). The minimum atomic E-state index is -3.67. The van der Waals surface area contributed by atoms with E-state index < -0.39 is 10.0 Å². The highest BCUT2D eigenvalue weighted by Gasteiger charge is 2.28. The second kappa shape index (κ2) is 10.6. The summed E-state index contributed by atoms with van der Waals surface area (Å²) in [5.74, 6) is 0.955. The van der Waals surface area contributed by atoms with Crippen molar-refractivity contribution in [2.24, 2.45) is 0 Å². The van der Waals surface area contributed by atoms with Gasteiger partial charge in [-0.1, -0.05) is 23.7 Å². The molecule has 0 atom stereocenters. The number of fused-ring (bicyclic) bond motifs is 1. The number of rotatable bonds is 4. The van der Waals surface area contributed by atoms with Gasteiger partial charge in [0, 0.05) is 41.6 Å². The normalized spacial score (nSPS) is 15.0. The average molecular weight is 491 g/mol. The van der Waals surface area contributed by atoms with Crippen LogP contribution in [-0.2, 0) is 10.0 Å². The van der Waals surface area contributed by atoms with Gasteiger partial charge in [-0.25, -0.2) is 8.42 Å². The van der Waals surface area contributed by atoms with Crippen LogP contribution in [0, 0.1) is 0 Å². The van der Waals surface area contributed by atoms with Crippen molar-refractivity contribution in [2.45, 2.75) is 11.3 Å². The lowest BCUT2D eigenvalue weighted by Gasteiger charge is -2.21. The van der Waals surface area contributed by atoms with Crippen LogP contribution in [0.5, 0.6) is 11.5 Å². The minimum absolute atomic E-state index is 0. The van der Waals surface area contributed by atoms with Crippen LogP contribution in [-0.4, -0.2) is 43.9 Å². The molecule has 162 valence electrons. The molecule has 0 aliphatic carbocycles. The van der Waals surface area contributed by atoms with E-state index in [0.29, 0.717) is 46.9 Å². The van der Waals surface area contributed by atoms with Crippen molar-refractivity contribution in [2.75, 3.05) is 26.2 Å². The number of aromatic nitrogens is 1. The van der Waals surface area contributed by atoms with Crippen molar-refractivity contribution in [3.63, 3.8) is 0 Å². The Kier molecular flexibility index (Phi) is 8.73. The van der Waals surface area contributed by atoms with Crippen LogP contribution in [0.25, 0.3) is 10.8 Å². The largest absolute Gasteiger partial charge is 0.455 e. The van der Waals surface area contributed by atoms with Gasteiger partial charge in [0.15, 0.2) is 5.75 Å². The first-order valence-corrected chi connectivity index (χ1v) is 10.9. The molecule has 3 aromatic rings. The molecule has 1 aromatic heterocycles. The zero-order valence-electron chi connectivity index (χ0n) is 16.0. The first-order chi connectivity index (χ1) is 13.6. The number of hydrogen-bond donors (Lipinski definition) is 1. The second-order valence-corrected chi connectivity index (χ2v) is 8.90. The van der Waals surface area contributed by atoms with E-state index >= 15 is 0 Å². The Hall–Kier alpha value is -1.61. The molecule has 0 amide bonds. The SMILES string of the molecule is Cl.Cl.O=S(=O)(c1cccc2cncc(Oc3ccc(Cl)cc3)c12)N1CCCNCC1. The lowest BCUT2D eigenvalue weighted by molar-refractivity contribution is 0.432. The molecule has 2 heterocycles. The summed E-state index contributed by atoms with van der Waals surface area (Å²) in [6.45, 7) is 2.39. The summed E-state index contributed by atoms with van der Waals surface area (Å²) in [7, 11) is -3.67. The Morgan fingerprint density at radius 3 is 2.53 bits per heavy atom. The lowest BCUT2D eigenvalue weighted by Crippen LogP contribution is -2.34. The molecule has 1 aliphatic heterocycles. The molecule has 1 aliphatic rings. The van der Waals surface area contributed by atoms with Crippen molar-refractivity contribution in [1.29, 1.82) is 0 Å². The van der Waals surface area contributed by atoms with Crippen LogP contribution in [0.3, 0.4) is 0 Å². The summed E-state index contributed by atoms with van der Waals surface area (Å²) in [5, 5.41) is 5.07. The zero-order valence-corrected chi connectivity index (χ0v) is 19.2. The molecule has 0 radical (unpaired) electrons. The van der Waals surface area contributed by atoms with Gasteiger partial charge < -0.3 is 10.1 Å². The maximum atomic E-state index is 13.4. The van der Waals surface area contributed by atoms with Gasteiger partial charge in [-0.2, -0.15) is 4.31 Å². The Bertz CT molecular complexity index is 1080. The highest BCUT2D eigenvalue weighted by atomic mass is 35.5. The van der Waals surface area contributed by atoms with Gasteiger partial charge in [-0.3, -0.25) is 4.98 Å². The maximum absolute atomic E-state index is 13.4. The molecule has 6 nitrogen and oxygen atoms in total. The molecule has 0 saturated carbocycles. The molecule has 2 aromatic carbocycles. The lowest BCUT2D eigenvalue weighted by atomic mass is 10.1. The van der Waals surface area contributed by atoms with E-state index in [1.54, 1.807) is 48.8 Å². The number of sulfonamides is 1. The molecule has 1 saturated heterocycles. The first-order valence-electron chi connectivity index (χ1n) is 9.07. The summed E-state index contributed by atoms with van der Waals surface area (Å²) >= 11 is 5.94. The number of nitrogens with zero attached hydrogens (tertiary/aromatic N) is 2. The number of halogens is 3.